The van der Waals surface area contributed by atoms with Crippen molar-refractivity contribution in [2.45, 2.75) is 38.6 Å². The third-order valence-electron chi connectivity index (χ3n) is 6.76. The number of ether oxygens (including phenoxy) is 1. The smallest absolute Gasteiger partial charge is 0.210 e. The molecule has 10 nitrogen and oxygen atoms in total. The summed E-state index contributed by atoms with van der Waals surface area (Å²) >= 11 is 6.77. The lowest BCUT2D eigenvalue weighted by molar-refractivity contribution is 0.282. The molecule has 38 heavy (non-hydrogen) atoms. The molecule has 0 aromatic carbocycles. The zero-order chi connectivity index (χ0) is 27.0. The summed E-state index contributed by atoms with van der Waals surface area (Å²) in [6.07, 6.45) is 4.16. The van der Waals surface area contributed by atoms with Crippen LogP contribution in [-0.2, 0) is 12.5 Å². The predicted octanol–water partition coefficient (Wildman–Crippen LogP) is 5.30. The highest BCUT2D eigenvalue weighted by Gasteiger charge is 2.30. The lowest BCUT2D eigenvalue weighted by atomic mass is 9.91. The lowest BCUT2D eigenvalue weighted by Gasteiger charge is -2.23. The number of aromatic nitrogens is 6. The molecule has 202 valence electrons. The van der Waals surface area contributed by atoms with Crippen molar-refractivity contribution in [1.29, 1.82) is 0 Å². The zero-order valence-corrected chi connectivity index (χ0v) is 23.1. The van der Waals surface area contributed by atoms with Gasteiger partial charge in [-0.2, -0.15) is 10.1 Å². The molecule has 0 bridgehead atoms. The summed E-state index contributed by atoms with van der Waals surface area (Å²) in [4.78, 5) is 15.5. The second-order valence-corrected chi connectivity index (χ2v) is 10.9. The van der Waals surface area contributed by atoms with E-state index >= 15 is 0 Å². The fraction of sp³-hybridized carbons (Fsp3) is 0.462. The second-order valence-electron chi connectivity index (χ2n) is 10.5. The van der Waals surface area contributed by atoms with E-state index in [9.17, 15) is 4.39 Å². The Hall–Kier alpha value is -3.44. The second kappa shape index (κ2) is 10.4. The van der Waals surface area contributed by atoms with Crippen molar-refractivity contribution in [2.24, 2.45) is 7.05 Å². The average molecular weight is 542 g/mol. The fourth-order valence-electron chi connectivity index (χ4n) is 4.78. The Balaban J connectivity index is 1.44. The van der Waals surface area contributed by atoms with Crippen molar-refractivity contribution in [3.63, 3.8) is 0 Å². The topological polar surface area (TPSA) is 98.0 Å². The summed E-state index contributed by atoms with van der Waals surface area (Å²) in [5.41, 5.74) is 2.12. The van der Waals surface area contributed by atoms with Crippen molar-refractivity contribution >= 4 is 40.3 Å². The first-order chi connectivity index (χ1) is 18.2. The first-order valence-electron chi connectivity index (χ1n) is 12.7. The van der Waals surface area contributed by atoms with Gasteiger partial charge in [0.15, 0.2) is 17.2 Å². The molecule has 4 aromatic rings. The molecule has 1 atom stereocenters. The van der Waals surface area contributed by atoms with E-state index in [1.54, 1.807) is 31.6 Å². The molecule has 5 rings (SSSR count). The number of aryl methyl sites for hydroxylation is 1. The van der Waals surface area contributed by atoms with E-state index in [1.807, 2.05) is 11.6 Å². The number of likely N-dealkylation sites (tertiary alicyclic amines) is 1. The van der Waals surface area contributed by atoms with Gasteiger partial charge in [0.2, 0.25) is 5.95 Å². The van der Waals surface area contributed by atoms with Crippen LogP contribution in [0.4, 0.5) is 22.0 Å². The first-order valence-corrected chi connectivity index (χ1v) is 13.0. The standard InChI is InChI=1S/C26H33ClFN9O/c1-26(2,3)19-13-21(34-37(19)16-7-10-36(15-16)11-8-28)32-25-33-24-23(35(25)5)22(27)18(14-31-24)38-17-6-9-30-20(12-17)29-4/h6,9,12-14,16H,7-8,10-11,15H2,1-5H3,(H,29,30)(H,31,32,33,34). The molecule has 12 heteroatoms. The number of pyridine rings is 2. The highest BCUT2D eigenvalue weighted by atomic mass is 35.5. The highest BCUT2D eigenvalue weighted by molar-refractivity contribution is 6.36. The number of nitrogens with zero attached hydrogens (tertiary/aromatic N) is 7. The third-order valence-corrected chi connectivity index (χ3v) is 7.12. The molecule has 0 spiro atoms. The van der Waals surface area contributed by atoms with Gasteiger partial charge < -0.3 is 19.9 Å². The summed E-state index contributed by atoms with van der Waals surface area (Å²) in [5.74, 6) is 2.93. The Labute approximate surface area is 226 Å². The van der Waals surface area contributed by atoms with Crippen molar-refractivity contribution in [2.75, 3.05) is 44.0 Å². The number of alkyl halides is 1. The van der Waals surface area contributed by atoms with E-state index < -0.39 is 0 Å². The van der Waals surface area contributed by atoms with Gasteiger partial charge in [0.25, 0.3) is 0 Å². The molecular weight excluding hydrogens is 509 g/mol. The van der Waals surface area contributed by atoms with Gasteiger partial charge in [-0.1, -0.05) is 32.4 Å². The van der Waals surface area contributed by atoms with Crippen LogP contribution < -0.4 is 15.4 Å². The molecule has 1 unspecified atom stereocenters. The minimum absolute atomic E-state index is 0.121. The van der Waals surface area contributed by atoms with Crippen LogP contribution in [-0.4, -0.2) is 67.6 Å². The van der Waals surface area contributed by atoms with Gasteiger partial charge in [0.05, 0.1) is 12.2 Å². The van der Waals surface area contributed by atoms with Gasteiger partial charge >= 0.3 is 0 Å². The summed E-state index contributed by atoms with van der Waals surface area (Å²) in [7, 11) is 3.66. The monoisotopic (exact) mass is 541 g/mol. The number of rotatable bonds is 8. The average Bonchev–Trinajstić information content (AvgIpc) is 3.59. The molecule has 0 radical (unpaired) electrons. The number of hydrogen-bond donors (Lipinski definition) is 2. The van der Waals surface area contributed by atoms with Crippen LogP contribution in [0.2, 0.25) is 5.02 Å². The molecule has 1 aliphatic heterocycles. The molecule has 1 aliphatic rings. The van der Waals surface area contributed by atoms with Crippen LogP contribution in [0.3, 0.4) is 0 Å². The van der Waals surface area contributed by atoms with E-state index in [2.05, 4.69) is 62.0 Å². The maximum absolute atomic E-state index is 12.9. The maximum atomic E-state index is 12.9. The minimum Gasteiger partial charge on any atom is -0.454 e. The number of fused-ring (bicyclic) bond motifs is 1. The normalized spacial score (nSPS) is 16.3. The van der Waals surface area contributed by atoms with Crippen LogP contribution in [0, 0.1) is 0 Å². The van der Waals surface area contributed by atoms with Gasteiger partial charge in [0.1, 0.15) is 28.8 Å². The Morgan fingerprint density at radius 2 is 2.03 bits per heavy atom. The van der Waals surface area contributed by atoms with Crippen LogP contribution in [0.25, 0.3) is 11.2 Å². The molecule has 1 saturated heterocycles. The van der Waals surface area contributed by atoms with E-state index in [1.165, 1.54) is 0 Å². The maximum Gasteiger partial charge on any atom is 0.210 e. The quantitative estimate of drug-likeness (QED) is 0.310. The largest absolute Gasteiger partial charge is 0.454 e. The highest BCUT2D eigenvalue weighted by Crippen LogP contribution is 2.37. The van der Waals surface area contributed by atoms with Gasteiger partial charge in [-0.15, -0.1) is 0 Å². The number of anilines is 3. The van der Waals surface area contributed by atoms with Gasteiger partial charge in [-0.3, -0.25) is 9.58 Å². The first kappa shape index (κ1) is 26.2. The molecule has 5 heterocycles. The molecule has 0 amide bonds. The van der Waals surface area contributed by atoms with E-state index in [4.69, 9.17) is 21.4 Å². The third kappa shape index (κ3) is 5.12. The van der Waals surface area contributed by atoms with Crippen LogP contribution in [0.1, 0.15) is 38.9 Å². The van der Waals surface area contributed by atoms with Crippen molar-refractivity contribution in [3.8, 4) is 11.5 Å². The van der Waals surface area contributed by atoms with E-state index in [-0.39, 0.29) is 18.1 Å². The zero-order valence-electron chi connectivity index (χ0n) is 22.3. The summed E-state index contributed by atoms with van der Waals surface area (Å²) in [5, 5.41) is 11.7. The molecule has 0 saturated carbocycles. The Morgan fingerprint density at radius 3 is 2.76 bits per heavy atom. The van der Waals surface area contributed by atoms with E-state index in [0.717, 1.165) is 25.2 Å². The molecule has 0 aliphatic carbocycles. The minimum atomic E-state index is -0.333. The van der Waals surface area contributed by atoms with E-state index in [0.29, 0.717) is 51.8 Å². The number of nitrogens with one attached hydrogen (secondary N) is 2. The summed E-state index contributed by atoms with van der Waals surface area (Å²) < 4.78 is 22.8. The molecular formula is C26H33ClFN9O. The van der Waals surface area contributed by atoms with Gasteiger partial charge in [0, 0.05) is 63.2 Å². The summed E-state index contributed by atoms with van der Waals surface area (Å²) in [6, 6.07) is 5.78. The van der Waals surface area contributed by atoms with Crippen molar-refractivity contribution in [3.05, 3.63) is 41.3 Å². The Bertz CT molecular complexity index is 1440. The van der Waals surface area contributed by atoms with Crippen molar-refractivity contribution < 1.29 is 9.13 Å². The molecule has 1 fully saturated rings. The predicted molar refractivity (Wildman–Crippen MR) is 148 cm³/mol. The Morgan fingerprint density at radius 1 is 1.21 bits per heavy atom. The van der Waals surface area contributed by atoms with Gasteiger partial charge in [-0.25, -0.2) is 14.4 Å². The fourth-order valence-corrected chi connectivity index (χ4v) is 5.08. The SMILES string of the molecule is CNc1cc(Oc2cnc3nc(Nc4cc(C(C)(C)C)n(C5CCN(CCF)C5)n4)n(C)c3c2Cl)ccn1. The summed E-state index contributed by atoms with van der Waals surface area (Å²) in [6.45, 7) is 8.29. The van der Waals surface area contributed by atoms with Crippen LogP contribution >= 0.6 is 11.6 Å². The van der Waals surface area contributed by atoms with Gasteiger partial charge in [-0.05, 0) is 12.5 Å². The molecule has 4 aromatic heterocycles. The lowest BCUT2D eigenvalue weighted by Crippen LogP contribution is -2.26. The number of hydrogen-bond acceptors (Lipinski definition) is 8. The Kier molecular flexibility index (Phi) is 7.15. The van der Waals surface area contributed by atoms with Crippen LogP contribution in [0.5, 0.6) is 11.5 Å². The number of imidazole rings is 1. The van der Waals surface area contributed by atoms with Crippen LogP contribution in [0.15, 0.2) is 30.6 Å². The molecule has 2 N–H and O–H groups in total. The number of halogens is 2. The van der Waals surface area contributed by atoms with Crippen molar-refractivity contribution in [1.82, 2.24) is 34.2 Å².